The zero-order valence-corrected chi connectivity index (χ0v) is 18.5. The van der Waals surface area contributed by atoms with Gasteiger partial charge < -0.3 is 4.74 Å². The van der Waals surface area contributed by atoms with Gasteiger partial charge >= 0.3 is 6.36 Å². The fourth-order valence-electron chi connectivity index (χ4n) is 4.92. The summed E-state index contributed by atoms with van der Waals surface area (Å²) in [6.07, 6.45) is -4.72. The Morgan fingerprint density at radius 1 is 0.457 bits per heavy atom. The van der Waals surface area contributed by atoms with E-state index in [9.17, 15) is 13.2 Å². The second-order valence-electron chi connectivity index (χ2n) is 8.48. The second-order valence-corrected chi connectivity index (χ2v) is 8.48. The maximum atomic E-state index is 12.7. The van der Waals surface area contributed by atoms with E-state index in [2.05, 4.69) is 59.3 Å². The Morgan fingerprint density at radius 2 is 0.914 bits per heavy atom. The first-order valence-electron chi connectivity index (χ1n) is 11.3. The molecule has 6 rings (SSSR count). The summed E-state index contributed by atoms with van der Waals surface area (Å²) < 4.78 is 42.1. The standard InChI is InChI=1S/C31H19F3O/c32-31(33,34)35-24-17-15-21(16-18-24)29-25-9-3-5-11-27(25)30(28-12-6-4-10-26(28)29)23-14-13-20-7-1-2-8-22(20)19-23/h1-19H. The molecular formula is C31H19F3O. The van der Waals surface area contributed by atoms with Gasteiger partial charge in [-0.15, -0.1) is 13.2 Å². The van der Waals surface area contributed by atoms with E-state index in [1.807, 2.05) is 36.4 Å². The van der Waals surface area contributed by atoms with Gasteiger partial charge in [0.15, 0.2) is 0 Å². The highest BCUT2D eigenvalue weighted by molar-refractivity contribution is 6.21. The van der Waals surface area contributed by atoms with Crippen LogP contribution in [0.3, 0.4) is 0 Å². The normalized spacial score (nSPS) is 11.9. The number of halogens is 3. The summed E-state index contributed by atoms with van der Waals surface area (Å²) in [5, 5.41) is 6.61. The molecule has 0 spiro atoms. The van der Waals surface area contributed by atoms with Crippen molar-refractivity contribution in [1.29, 1.82) is 0 Å². The zero-order chi connectivity index (χ0) is 24.0. The third kappa shape index (κ3) is 3.87. The molecule has 0 radical (unpaired) electrons. The van der Waals surface area contributed by atoms with Gasteiger partial charge in [-0.3, -0.25) is 0 Å². The zero-order valence-electron chi connectivity index (χ0n) is 18.5. The van der Waals surface area contributed by atoms with Gasteiger partial charge in [-0.1, -0.05) is 97.1 Å². The minimum atomic E-state index is -4.72. The Balaban J connectivity index is 1.63. The first kappa shape index (κ1) is 21.2. The maximum Gasteiger partial charge on any atom is 0.573 e. The van der Waals surface area contributed by atoms with Gasteiger partial charge in [0.2, 0.25) is 0 Å². The van der Waals surface area contributed by atoms with Gasteiger partial charge in [-0.05, 0) is 72.8 Å². The predicted octanol–water partition coefficient (Wildman–Crippen LogP) is 9.38. The smallest absolute Gasteiger partial charge is 0.406 e. The quantitative estimate of drug-likeness (QED) is 0.237. The van der Waals surface area contributed by atoms with E-state index in [4.69, 9.17) is 0 Å². The summed E-state index contributed by atoms with van der Waals surface area (Å²) in [7, 11) is 0. The highest BCUT2D eigenvalue weighted by Crippen LogP contribution is 2.44. The summed E-state index contributed by atoms with van der Waals surface area (Å²) in [5.74, 6) is -0.234. The lowest BCUT2D eigenvalue weighted by Gasteiger charge is -2.18. The molecule has 35 heavy (non-hydrogen) atoms. The van der Waals surface area contributed by atoms with Crippen molar-refractivity contribution in [1.82, 2.24) is 0 Å². The van der Waals surface area contributed by atoms with Crippen LogP contribution in [0.5, 0.6) is 5.75 Å². The van der Waals surface area contributed by atoms with Crippen LogP contribution in [0.1, 0.15) is 0 Å². The van der Waals surface area contributed by atoms with E-state index < -0.39 is 6.36 Å². The summed E-state index contributed by atoms with van der Waals surface area (Å²) in [6.45, 7) is 0. The molecular weight excluding hydrogens is 445 g/mol. The Kier molecular flexibility index (Phi) is 4.96. The SMILES string of the molecule is FC(F)(F)Oc1ccc(-c2c3ccccc3c(-c3ccc4ccccc4c3)c3ccccc23)cc1. The van der Waals surface area contributed by atoms with Crippen molar-refractivity contribution < 1.29 is 17.9 Å². The number of fused-ring (bicyclic) bond motifs is 3. The van der Waals surface area contributed by atoms with E-state index in [0.29, 0.717) is 0 Å². The Hall–Kier alpha value is -4.31. The largest absolute Gasteiger partial charge is 0.573 e. The molecule has 0 bridgehead atoms. The van der Waals surface area contributed by atoms with E-state index >= 15 is 0 Å². The van der Waals surface area contributed by atoms with Gasteiger partial charge in [0, 0.05) is 0 Å². The highest BCUT2D eigenvalue weighted by Gasteiger charge is 2.31. The highest BCUT2D eigenvalue weighted by atomic mass is 19.4. The molecule has 0 unspecified atom stereocenters. The number of rotatable bonds is 3. The van der Waals surface area contributed by atoms with Crippen LogP contribution in [-0.4, -0.2) is 6.36 Å². The van der Waals surface area contributed by atoms with E-state index in [1.165, 1.54) is 22.9 Å². The Morgan fingerprint density at radius 3 is 1.46 bits per heavy atom. The van der Waals surface area contributed by atoms with E-state index in [1.54, 1.807) is 12.1 Å². The van der Waals surface area contributed by atoms with Crippen molar-refractivity contribution >= 4 is 32.3 Å². The number of hydrogen-bond acceptors (Lipinski definition) is 1. The molecule has 0 aliphatic heterocycles. The lowest BCUT2D eigenvalue weighted by Crippen LogP contribution is -2.16. The molecule has 0 heterocycles. The Bertz CT molecular complexity index is 1640. The molecule has 0 N–H and O–H groups in total. The van der Waals surface area contributed by atoms with Crippen molar-refractivity contribution in [3.05, 3.63) is 115 Å². The average Bonchev–Trinajstić information content (AvgIpc) is 2.86. The number of benzene rings is 6. The van der Waals surface area contributed by atoms with Crippen LogP contribution in [0.15, 0.2) is 115 Å². The lowest BCUT2D eigenvalue weighted by atomic mass is 9.85. The molecule has 6 aromatic rings. The molecule has 0 atom stereocenters. The minimum Gasteiger partial charge on any atom is -0.406 e. The number of ether oxygens (including phenoxy) is 1. The van der Waals surface area contributed by atoms with Gasteiger partial charge in [-0.25, -0.2) is 0 Å². The summed E-state index contributed by atoms with van der Waals surface area (Å²) in [4.78, 5) is 0. The van der Waals surface area contributed by atoms with Crippen molar-refractivity contribution in [2.45, 2.75) is 6.36 Å². The number of hydrogen-bond donors (Lipinski definition) is 0. The van der Waals surface area contributed by atoms with Crippen LogP contribution < -0.4 is 4.74 Å². The van der Waals surface area contributed by atoms with Crippen molar-refractivity contribution in [2.75, 3.05) is 0 Å². The molecule has 0 aliphatic rings. The first-order valence-corrected chi connectivity index (χ1v) is 11.3. The molecule has 0 saturated heterocycles. The monoisotopic (exact) mass is 464 g/mol. The molecule has 0 amide bonds. The molecule has 0 fully saturated rings. The summed E-state index contributed by atoms with van der Waals surface area (Å²) in [5.41, 5.74) is 4.08. The molecule has 6 aromatic carbocycles. The second kappa shape index (κ2) is 8.17. The van der Waals surface area contributed by atoms with Gasteiger partial charge in [0.1, 0.15) is 5.75 Å². The lowest BCUT2D eigenvalue weighted by molar-refractivity contribution is -0.274. The van der Waals surface area contributed by atoms with Crippen LogP contribution in [0.4, 0.5) is 13.2 Å². The molecule has 0 aliphatic carbocycles. The van der Waals surface area contributed by atoms with Gasteiger partial charge in [0.25, 0.3) is 0 Å². The molecule has 0 aromatic heterocycles. The third-order valence-electron chi connectivity index (χ3n) is 6.35. The fraction of sp³-hybridized carbons (Fsp3) is 0.0323. The van der Waals surface area contributed by atoms with Crippen LogP contribution in [-0.2, 0) is 0 Å². The van der Waals surface area contributed by atoms with Crippen LogP contribution in [0, 0.1) is 0 Å². The van der Waals surface area contributed by atoms with Crippen LogP contribution >= 0.6 is 0 Å². The van der Waals surface area contributed by atoms with Crippen LogP contribution in [0.2, 0.25) is 0 Å². The fourth-order valence-corrected chi connectivity index (χ4v) is 4.92. The molecule has 0 saturated carbocycles. The topological polar surface area (TPSA) is 9.23 Å². The van der Waals surface area contributed by atoms with Crippen molar-refractivity contribution in [3.63, 3.8) is 0 Å². The van der Waals surface area contributed by atoms with E-state index in [0.717, 1.165) is 43.8 Å². The third-order valence-corrected chi connectivity index (χ3v) is 6.35. The molecule has 4 heteroatoms. The minimum absolute atomic E-state index is 0.234. The van der Waals surface area contributed by atoms with E-state index in [-0.39, 0.29) is 5.75 Å². The summed E-state index contributed by atoms with van der Waals surface area (Å²) >= 11 is 0. The van der Waals surface area contributed by atoms with Gasteiger partial charge in [-0.2, -0.15) is 0 Å². The average molecular weight is 464 g/mol. The van der Waals surface area contributed by atoms with Crippen LogP contribution in [0.25, 0.3) is 54.6 Å². The molecule has 1 nitrogen and oxygen atoms in total. The Labute approximate surface area is 200 Å². The van der Waals surface area contributed by atoms with Crippen molar-refractivity contribution in [2.24, 2.45) is 0 Å². The maximum absolute atomic E-state index is 12.7. The van der Waals surface area contributed by atoms with Crippen molar-refractivity contribution in [3.8, 4) is 28.0 Å². The molecule has 170 valence electrons. The summed E-state index contributed by atoms with van der Waals surface area (Å²) in [6, 6.07) is 37.3. The first-order chi connectivity index (χ1) is 17.0. The predicted molar refractivity (Wildman–Crippen MR) is 137 cm³/mol. The number of alkyl halides is 3. The van der Waals surface area contributed by atoms with Gasteiger partial charge in [0.05, 0.1) is 0 Å².